The van der Waals surface area contributed by atoms with Gasteiger partial charge in [0.15, 0.2) is 18.1 Å². The first-order valence-electron chi connectivity index (χ1n) is 7.26. The molecule has 0 aliphatic carbocycles. The summed E-state index contributed by atoms with van der Waals surface area (Å²) in [5, 5.41) is 2.81. The Bertz CT molecular complexity index is 754. The number of carbonyl (C=O) groups is 2. The van der Waals surface area contributed by atoms with Gasteiger partial charge >= 0.3 is 0 Å². The molecule has 0 heterocycles. The SMILES string of the molecule is COc1cc(C=O)cc(I)c1OCC(=O)Nc1cc(C)cc(C)c1. The number of hydrogen-bond acceptors (Lipinski definition) is 4. The summed E-state index contributed by atoms with van der Waals surface area (Å²) in [6.07, 6.45) is 0.737. The molecule has 0 fully saturated rings. The largest absolute Gasteiger partial charge is 0.493 e. The number of aryl methyl sites for hydroxylation is 2. The average molecular weight is 439 g/mol. The molecular weight excluding hydrogens is 421 g/mol. The second kappa shape index (κ2) is 8.14. The number of halogens is 1. The highest BCUT2D eigenvalue weighted by Crippen LogP contribution is 2.33. The molecule has 0 unspecified atom stereocenters. The smallest absolute Gasteiger partial charge is 0.262 e. The predicted octanol–water partition coefficient (Wildman–Crippen LogP) is 3.75. The minimum Gasteiger partial charge on any atom is -0.493 e. The fourth-order valence-electron chi connectivity index (χ4n) is 2.33. The summed E-state index contributed by atoms with van der Waals surface area (Å²) in [6.45, 7) is 3.79. The summed E-state index contributed by atoms with van der Waals surface area (Å²) >= 11 is 2.04. The van der Waals surface area contributed by atoms with Gasteiger partial charge in [0.1, 0.15) is 6.29 Å². The number of aldehydes is 1. The molecule has 2 rings (SSSR count). The lowest BCUT2D eigenvalue weighted by Gasteiger charge is -2.13. The van der Waals surface area contributed by atoms with Crippen molar-refractivity contribution in [3.8, 4) is 11.5 Å². The van der Waals surface area contributed by atoms with Crippen LogP contribution in [0.25, 0.3) is 0 Å². The minimum atomic E-state index is -0.266. The fourth-order valence-corrected chi connectivity index (χ4v) is 3.11. The van der Waals surface area contributed by atoms with E-state index in [2.05, 4.69) is 5.32 Å². The van der Waals surface area contributed by atoms with Crippen molar-refractivity contribution in [3.05, 3.63) is 50.6 Å². The molecule has 2 aromatic rings. The average Bonchev–Trinajstić information content (AvgIpc) is 2.51. The van der Waals surface area contributed by atoms with Crippen molar-refractivity contribution in [1.82, 2.24) is 0 Å². The molecule has 0 aliphatic heterocycles. The maximum atomic E-state index is 12.1. The van der Waals surface area contributed by atoms with Crippen LogP contribution in [-0.4, -0.2) is 25.9 Å². The number of ether oxygens (including phenoxy) is 2. The van der Waals surface area contributed by atoms with Crippen molar-refractivity contribution in [2.75, 3.05) is 19.0 Å². The van der Waals surface area contributed by atoms with Crippen molar-refractivity contribution in [3.63, 3.8) is 0 Å². The van der Waals surface area contributed by atoms with Gasteiger partial charge in [-0.2, -0.15) is 0 Å². The zero-order valence-electron chi connectivity index (χ0n) is 13.7. The summed E-state index contributed by atoms with van der Waals surface area (Å²) in [4.78, 5) is 23.0. The normalized spacial score (nSPS) is 10.2. The third-order valence-electron chi connectivity index (χ3n) is 3.24. The third-order valence-corrected chi connectivity index (χ3v) is 4.04. The zero-order valence-corrected chi connectivity index (χ0v) is 15.8. The van der Waals surface area contributed by atoms with E-state index < -0.39 is 0 Å². The lowest BCUT2D eigenvalue weighted by molar-refractivity contribution is -0.118. The fraction of sp³-hybridized carbons (Fsp3) is 0.222. The molecule has 126 valence electrons. The van der Waals surface area contributed by atoms with Gasteiger partial charge in [-0.3, -0.25) is 9.59 Å². The van der Waals surface area contributed by atoms with Crippen LogP contribution in [0.3, 0.4) is 0 Å². The first kappa shape index (κ1) is 18.3. The standard InChI is InChI=1S/C18H18INO4/c1-11-4-12(2)6-14(5-11)20-17(22)10-24-18-15(19)7-13(9-21)8-16(18)23-3/h4-9H,10H2,1-3H3,(H,20,22). The van der Waals surface area contributed by atoms with Crippen LogP contribution in [0.15, 0.2) is 30.3 Å². The molecular formula is C18H18INO4. The molecule has 0 spiro atoms. The van der Waals surface area contributed by atoms with Gasteiger partial charge in [0.25, 0.3) is 5.91 Å². The Morgan fingerprint density at radius 2 is 1.83 bits per heavy atom. The maximum absolute atomic E-state index is 12.1. The van der Waals surface area contributed by atoms with Crippen LogP contribution in [0.2, 0.25) is 0 Å². The van der Waals surface area contributed by atoms with Crippen molar-refractivity contribution >= 4 is 40.5 Å². The van der Waals surface area contributed by atoms with E-state index in [-0.39, 0.29) is 12.5 Å². The van der Waals surface area contributed by atoms with Crippen LogP contribution in [0.1, 0.15) is 21.5 Å². The number of amides is 1. The van der Waals surface area contributed by atoms with E-state index in [1.165, 1.54) is 7.11 Å². The lowest BCUT2D eigenvalue weighted by Crippen LogP contribution is -2.20. The van der Waals surface area contributed by atoms with Crippen LogP contribution < -0.4 is 14.8 Å². The first-order valence-corrected chi connectivity index (χ1v) is 8.34. The summed E-state index contributed by atoms with van der Waals surface area (Å²) in [5.74, 6) is 0.597. The van der Waals surface area contributed by atoms with E-state index in [0.29, 0.717) is 20.6 Å². The van der Waals surface area contributed by atoms with Crippen LogP contribution in [0.4, 0.5) is 5.69 Å². The molecule has 6 heteroatoms. The topological polar surface area (TPSA) is 64.6 Å². The van der Waals surface area contributed by atoms with E-state index in [4.69, 9.17) is 9.47 Å². The number of carbonyl (C=O) groups excluding carboxylic acids is 2. The quantitative estimate of drug-likeness (QED) is 0.550. The highest BCUT2D eigenvalue weighted by molar-refractivity contribution is 14.1. The van der Waals surface area contributed by atoms with Crippen LogP contribution in [0, 0.1) is 17.4 Å². The van der Waals surface area contributed by atoms with Gasteiger partial charge in [-0.05, 0) is 71.8 Å². The Morgan fingerprint density at radius 3 is 2.42 bits per heavy atom. The van der Waals surface area contributed by atoms with E-state index in [1.54, 1.807) is 12.1 Å². The van der Waals surface area contributed by atoms with Gasteiger partial charge in [0.05, 0.1) is 10.7 Å². The number of rotatable bonds is 6. The van der Waals surface area contributed by atoms with Crippen LogP contribution in [0.5, 0.6) is 11.5 Å². The van der Waals surface area contributed by atoms with Gasteiger partial charge in [0, 0.05) is 11.3 Å². The van der Waals surface area contributed by atoms with Crippen molar-refractivity contribution < 1.29 is 19.1 Å². The van der Waals surface area contributed by atoms with Gasteiger partial charge < -0.3 is 14.8 Å². The number of methoxy groups -OCH3 is 1. The van der Waals surface area contributed by atoms with E-state index >= 15 is 0 Å². The van der Waals surface area contributed by atoms with Crippen LogP contribution >= 0.6 is 22.6 Å². The number of benzene rings is 2. The summed E-state index contributed by atoms with van der Waals surface area (Å²) in [6, 6.07) is 9.08. The molecule has 0 atom stereocenters. The van der Waals surface area contributed by atoms with Gasteiger partial charge in [-0.25, -0.2) is 0 Å². The minimum absolute atomic E-state index is 0.153. The Morgan fingerprint density at radius 1 is 1.17 bits per heavy atom. The maximum Gasteiger partial charge on any atom is 0.262 e. The molecule has 0 bridgehead atoms. The molecule has 0 radical (unpaired) electrons. The van der Waals surface area contributed by atoms with Gasteiger partial charge in [0.2, 0.25) is 0 Å². The molecule has 0 saturated heterocycles. The molecule has 5 nitrogen and oxygen atoms in total. The Labute approximate surface area is 154 Å². The van der Waals surface area contributed by atoms with Crippen LogP contribution in [-0.2, 0) is 4.79 Å². The number of hydrogen-bond donors (Lipinski definition) is 1. The van der Waals surface area contributed by atoms with E-state index in [0.717, 1.165) is 23.1 Å². The Hall–Kier alpha value is -2.09. The predicted molar refractivity (Wildman–Crippen MR) is 101 cm³/mol. The Balaban J connectivity index is 2.07. The van der Waals surface area contributed by atoms with Gasteiger partial charge in [-0.1, -0.05) is 6.07 Å². The zero-order chi connectivity index (χ0) is 17.7. The summed E-state index contributed by atoms with van der Waals surface area (Å²) < 4.78 is 11.5. The highest BCUT2D eigenvalue weighted by Gasteiger charge is 2.13. The molecule has 1 amide bonds. The lowest BCUT2D eigenvalue weighted by atomic mass is 10.1. The molecule has 0 saturated carbocycles. The molecule has 0 aromatic heterocycles. The second-order valence-electron chi connectivity index (χ2n) is 5.37. The molecule has 24 heavy (non-hydrogen) atoms. The van der Waals surface area contributed by atoms with E-state index in [9.17, 15) is 9.59 Å². The molecule has 1 N–H and O–H groups in total. The summed E-state index contributed by atoms with van der Waals surface area (Å²) in [7, 11) is 1.49. The Kier molecular flexibility index (Phi) is 6.19. The monoisotopic (exact) mass is 439 g/mol. The van der Waals surface area contributed by atoms with Crippen molar-refractivity contribution in [2.24, 2.45) is 0 Å². The molecule has 0 aliphatic rings. The number of anilines is 1. The third kappa shape index (κ3) is 4.70. The van der Waals surface area contributed by atoms with E-state index in [1.807, 2.05) is 54.6 Å². The second-order valence-corrected chi connectivity index (χ2v) is 6.53. The van der Waals surface area contributed by atoms with Crippen molar-refractivity contribution in [1.29, 1.82) is 0 Å². The van der Waals surface area contributed by atoms with Crippen molar-refractivity contribution in [2.45, 2.75) is 13.8 Å². The molecule has 2 aromatic carbocycles. The first-order chi connectivity index (χ1) is 11.4. The summed E-state index contributed by atoms with van der Waals surface area (Å²) in [5.41, 5.74) is 3.38. The number of nitrogens with one attached hydrogen (secondary N) is 1. The van der Waals surface area contributed by atoms with Gasteiger partial charge in [-0.15, -0.1) is 0 Å². The highest BCUT2D eigenvalue weighted by atomic mass is 127.